The zero-order chi connectivity index (χ0) is 17.2. The number of likely N-dealkylation sites (tertiary alicyclic amines) is 1. The highest BCUT2D eigenvalue weighted by molar-refractivity contribution is 5.85. The third kappa shape index (κ3) is 5.59. The highest BCUT2D eigenvalue weighted by atomic mass is 35.5. The monoisotopic (exact) mass is 416 g/mol. The second kappa shape index (κ2) is 10.1. The van der Waals surface area contributed by atoms with Gasteiger partial charge in [0.15, 0.2) is 0 Å². The minimum absolute atomic E-state index is 0. The topological polar surface area (TPSA) is 84.3 Å². The summed E-state index contributed by atoms with van der Waals surface area (Å²) in [6, 6.07) is 2.48. The van der Waals surface area contributed by atoms with Crippen molar-refractivity contribution in [1.82, 2.24) is 14.9 Å². The molecule has 0 aromatic carbocycles. The molecule has 2 saturated heterocycles. The average molecular weight is 417 g/mol. The van der Waals surface area contributed by atoms with E-state index in [4.69, 9.17) is 11.5 Å². The first-order chi connectivity index (χ1) is 12.2. The van der Waals surface area contributed by atoms with Gasteiger partial charge >= 0.3 is 0 Å². The van der Waals surface area contributed by atoms with Crippen molar-refractivity contribution in [2.75, 3.05) is 43.4 Å². The Morgan fingerprint density at radius 3 is 2.30 bits per heavy atom. The van der Waals surface area contributed by atoms with Gasteiger partial charge in [0.25, 0.3) is 0 Å². The molecule has 0 radical (unpaired) electrons. The number of hydrogen-bond donors (Lipinski definition) is 2. The molecule has 3 heterocycles. The minimum atomic E-state index is 0. The number of hydrogen-bond acceptors (Lipinski definition) is 6. The molecule has 1 aromatic heterocycles. The van der Waals surface area contributed by atoms with E-state index in [0.717, 1.165) is 43.4 Å². The second-order valence-electron chi connectivity index (χ2n) is 8.21. The molecule has 1 aromatic rings. The van der Waals surface area contributed by atoms with Crippen LogP contribution in [0.3, 0.4) is 0 Å². The summed E-state index contributed by atoms with van der Waals surface area (Å²) in [7, 11) is 0. The molecule has 154 valence electrons. The van der Waals surface area contributed by atoms with Crippen LogP contribution in [-0.2, 0) is 0 Å². The van der Waals surface area contributed by atoms with E-state index in [1.54, 1.807) is 0 Å². The lowest BCUT2D eigenvalue weighted by Crippen LogP contribution is -2.37. The molecule has 0 unspecified atom stereocenters. The second-order valence-corrected chi connectivity index (χ2v) is 8.21. The first-order valence-electron chi connectivity index (χ1n) is 10.0. The summed E-state index contributed by atoms with van der Waals surface area (Å²) >= 11 is 0. The molecular formula is C19H34Cl2N6. The SMILES string of the molecule is Cl.Cl.Nc1nc(C2CC(N)C2)cc(N2CCC(CCN3CCCC3)CC2)n1. The summed E-state index contributed by atoms with van der Waals surface area (Å²) in [5.41, 5.74) is 13.0. The van der Waals surface area contributed by atoms with Crippen LogP contribution >= 0.6 is 24.8 Å². The zero-order valence-electron chi connectivity index (χ0n) is 16.1. The van der Waals surface area contributed by atoms with Crippen LogP contribution in [0.1, 0.15) is 56.6 Å². The standard InChI is InChI=1S/C19H32N6.2ClH/c20-16-11-15(12-16)17-13-18(23-19(21)22-17)25-9-4-14(5-10-25)3-8-24-6-1-2-7-24;;/h13-16H,1-12,20H2,(H2,21,22,23);2*1H. The summed E-state index contributed by atoms with van der Waals surface area (Å²) < 4.78 is 0. The van der Waals surface area contributed by atoms with Gasteiger partial charge in [0.2, 0.25) is 5.95 Å². The molecule has 4 rings (SSSR count). The quantitative estimate of drug-likeness (QED) is 0.767. The number of rotatable bonds is 5. The molecule has 2 aliphatic heterocycles. The van der Waals surface area contributed by atoms with E-state index in [9.17, 15) is 0 Å². The maximum Gasteiger partial charge on any atom is 0.222 e. The van der Waals surface area contributed by atoms with Crippen LogP contribution in [0, 0.1) is 5.92 Å². The van der Waals surface area contributed by atoms with E-state index in [0.29, 0.717) is 17.9 Å². The van der Waals surface area contributed by atoms with Gasteiger partial charge in [-0.05, 0) is 70.5 Å². The van der Waals surface area contributed by atoms with Crippen LogP contribution in [-0.4, -0.2) is 53.6 Å². The van der Waals surface area contributed by atoms with Crippen LogP contribution in [0.15, 0.2) is 6.07 Å². The number of nitrogens with two attached hydrogens (primary N) is 2. The highest BCUT2D eigenvalue weighted by Gasteiger charge is 2.30. The fourth-order valence-corrected chi connectivity index (χ4v) is 4.57. The third-order valence-corrected chi connectivity index (χ3v) is 6.33. The molecule has 1 aliphatic carbocycles. The number of anilines is 2. The van der Waals surface area contributed by atoms with E-state index in [1.165, 1.54) is 51.7 Å². The number of nitrogens with zero attached hydrogens (tertiary/aromatic N) is 4. The molecule has 0 atom stereocenters. The summed E-state index contributed by atoms with van der Waals surface area (Å²) in [5.74, 6) is 2.75. The summed E-state index contributed by atoms with van der Waals surface area (Å²) in [6.45, 7) is 6.09. The number of aromatic nitrogens is 2. The lowest BCUT2D eigenvalue weighted by Gasteiger charge is -2.35. The molecule has 4 N–H and O–H groups in total. The molecule has 6 nitrogen and oxygen atoms in total. The van der Waals surface area contributed by atoms with E-state index in [-0.39, 0.29) is 24.8 Å². The Morgan fingerprint density at radius 1 is 1.00 bits per heavy atom. The van der Waals surface area contributed by atoms with Gasteiger partial charge in [-0.2, -0.15) is 4.98 Å². The first kappa shape index (κ1) is 22.5. The predicted octanol–water partition coefficient (Wildman–Crippen LogP) is 2.81. The van der Waals surface area contributed by atoms with Crippen LogP contribution in [0.25, 0.3) is 0 Å². The Labute approximate surface area is 175 Å². The fraction of sp³-hybridized carbons (Fsp3) is 0.789. The van der Waals surface area contributed by atoms with E-state index < -0.39 is 0 Å². The van der Waals surface area contributed by atoms with E-state index >= 15 is 0 Å². The molecular weight excluding hydrogens is 383 g/mol. The highest BCUT2D eigenvalue weighted by Crippen LogP contribution is 2.36. The van der Waals surface area contributed by atoms with Crippen molar-refractivity contribution < 1.29 is 0 Å². The smallest absolute Gasteiger partial charge is 0.222 e. The van der Waals surface area contributed by atoms with Crippen molar-refractivity contribution in [3.05, 3.63) is 11.8 Å². The van der Waals surface area contributed by atoms with Crippen LogP contribution in [0.4, 0.5) is 11.8 Å². The number of nitrogen functional groups attached to an aromatic ring is 1. The van der Waals surface area contributed by atoms with Crippen LogP contribution < -0.4 is 16.4 Å². The molecule has 8 heteroatoms. The lowest BCUT2D eigenvalue weighted by atomic mass is 9.78. The van der Waals surface area contributed by atoms with Crippen molar-refractivity contribution in [2.24, 2.45) is 11.7 Å². The predicted molar refractivity (Wildman–Crippen MR) is 116 cm³/mol. The van der Waals surface area contributed by atoms with Gasteiger partial charge in [-0.15, -0.1) is 24.8 Å². The van der Waals surface area contributed by atoms with Gasteiger partial charge < -0.3 is 21.3 Å². The van der Waals surface area contributed by atoms with Gasteiger partial charge in [0, 0.05) is 31.1 Å². The maximum absolute atomic E-state index is 5.98. The molecule has 0 amide bonds. The fourth-order valence-electron chi connectivity index (χ4n) is 4.57. The maximum atomic E-state index is 5.98. The molecule has 0 bridgehead atoms. The third-order valence-electron chi connectivity index (χ3n) is 6.33. The van der Waals surface area contributed by atoms with E-state index in [1.807, 2.05) is 0 Å². The molecule has 27 heavy (non-hydrogen) atoms. The van der Waals surface area contributed by atoms with Gasteiger partial charge in [0.1, 0.15) is 5.82 Å². The Bertz CT molecular complexity index is 582. The van der Waals surface area contributed by atoms with Gasteiger partial charge in [0.05, 0.1) is 5.69 Å². The Balaban J connectivity index is 0.00000131. The number of halogens is 2. The van der Waals surface area contributed by atoms with Crippen molar-refractivity contribution >= 4 is 36.6 Å². The molecule has 3 aliphatic rings. The number of piperidine rings is 1. The van der Waals surface area contributed by atoms with E-state index in [2.05, 4.69) is 25.8 Å². The summed E-state index contributed by atoms with van der Waals surface area (Å²) in [4.78, 5) is 14.0. The van der Waals surface area contributed by atoms with Crippen molar-refractivity contribution in [3.63, 3.8) is 0 Å². The Morgan fingerprint density at radius 2 is 1.67 bits per heavy atom. The summed E-state index contributed by atoms with van der Waals surface area (Å²) in [6.07, 6.45) is 8.71. The van der Waals surface area contributed by atoms with Crippen LogP contribution in [0.2, 0.25) is 0 Å². The zero-order valence-corrected chi connectivity index (χ0v) is 17.7. The van der Waals surface area contributed by atoms with Crippen LogP contribution in [0.5, 0.6) is 0 Å². The first-order valence-corrected chi connectivity index (χ1v) is 10.0. The molecule has 0 spiro atoms. The van der Waals surface area contributed by atoms with Gasteiger partial charge in [-0.25, -0.2) is 4.98 Å². The molecule has 1 saturated carbocycles. The minimum Gasteiger partial charge on any atom is -0.368 e. The summed E-state index contributed by atoms with van der Waals surface area (Å²) in [5, 5.41) is 0. The Kier molecular flexibility index (Phi) is 8.40. The average Bonchev–Trinajstić information content (AvgIpc) is 3.10. The van der Waals surface area contributed by atoms with Crippen molar-refractivity contribution in [1.29, 1.82) is 0 Å². The Hall–Kier alpha value is -0.820. The molecule has 3 fully saturated rings. The van der Waals surface area contributed by atoms with Crippen molar-refractivity contribution in [2.45, 2.75) is 56.9 Å². The van der Waals surface area contributed by atoms with Gasteiger partial charge in [-0.1, -0.05) is 0 Å². The largest absolute Gasteiger partial charge is 0.368 e. The van der Waals surface area contributed by atoms with Gasteiger partial charge in [-0.3, -0.25) is 0 Å². The lowest BCUT2D eigenvalue weighted by molar-refractivity contribution is 0.280. The normalized spacial score (nSPS) is 26.2. The van der Waals surface area contributed by atoms with Crippen molar-refractivity contribution in [3.8, 4) is 0 Å².